The summed E-state index contributed by atoms with van der Waals surface area (Å²) in [6.45, 7) is 11.7. The molecule has 0 aliphatic carbocycles. The summed E-state index contributed by atoms with van der Waals surface area (Å²) in [5, 5.41) is 0. The van der Waals surface area contributed by atoms with Gasteiger partial charge >= 0.3 is 5.97 Å². The van der Waals surface area contributed by atoms with E-state index in [1.807, 2.05) is 6.92 Å². The summed E-state index contributed by atoms with van der Waals surface area (Å²) < 4.78 is 15.9. The summed E-state index contributed by atoms with van der Waals surface area (Å²) in [6, 6.07) is 0. The van der Waals surface area contributed by atoms with Crippen molar-refractivity contribution < 1.29 is 19.0 Å². The molecule has 2 atom stereocenters. The highest BCUT2D eigenvalue weighted by atomic mass is 16.5. The quantitative estimate of drug-likeness (QED) is 0.486. The standard InChI is InChI=1S/C14H29NO4/c1-6-18-13(16)14(5,15)9-12(4)19-8-7-17-10-11(2)3/h11-12H,6-10,15H2,1-5H3. The summed E-state index contributed by atoms with van der Waals surface area (Å²) in [6.07, 6.45) is 0.317. The van der Waals surface area contributed by atoms with Gasteiger partial charge < -0.3 is 19.9 Å². The molecule has 0 aromatic heterocycles. The second-order valence-corrected chi connectivity index (χ2v) is 5.49. The lowest BCUT2D eigenvalue weighted by Crippen LogP contribution is -2.48. The SMILES string of the molecule is CCOC(=O)C(C)(N)CC(C)OCCOCC(C)C. The number of carbonyl (C=O) groups is 1. The van der Waals surface area contributed by atoms with Crippen LogP contribution < -0.4 is 5.73 Å². The molecule has 2 unspecified atom stereocenters. The van der Waals surface area contributed by atoms with Gasteiger partial charge in [-0.3, -0.25) is 4.79 Å². The third-order valence-electron chi connectivity index (χ3n) is 2.53. The van der Waals surface area contributed by atoms with Gasteiger partial charge in [0.15, 0.2) is 0 Å². The molecule has 5 nitrogen and oxygen atoms in total. The van der Waals surface area contributed by atoms with Crippen LogP contribution in [-0.4, -0.2) is 44.0 Å². The van der Waals surface area contributed by atoms with Crippen LogP contribution in [0.1, 0.15) is 41.0 Å². The van der Waals surface area contributed by atoms with Crippen LogP contribution in [0, 0.1) is 5.92 Å². The van der Waals surface area contributed by atoms with E-state index in [4.69, 9.17) is 19.9 Å². The molecule has 114 valence electrons. The maximum atomic E-state index is 11.6. The van der Waals surface area contributed by atoms with E-state index in [2.05, 4.69) is 13.8 Å². The number of ether oxygens (including phenoxy) is 3. The van der Waals surface area contributed by atoms with E-state index in [1.54, 1.807) is 13.8 Å². The molecule has 0 heterocycles. The van der Waals surface area contributed by atoms with Crippen LogP contribution in [0.15, 0.2) is 0 Å². The Labute approximate surface area is 116 Å². The largest absolute Gasteiger partial charge is 0.465 e. The fraction of sp³-hybridized carbons (Fsp3) is 0.929. The first-order valence-corrected chi connectivity index (χ1v) is 6.95. The Morgan fingerprint density at radius 3 is 2.42 bits per heavy atom. The van der Waals surface area contributed by atoms with Gasteiger partial charge in [-0.2, -0.15) is 0 Å². The molecule has 0 aliphatic rings. The van der Waals surface area contributed by atoms with Gasteiger partial charge in [0.25, 0.3) is 0 Å². The minimum Gasteiger partial charge on any atom is -0.465 e. The van der Waals surface area contributed by atoms with Gasteiger partial charge in [0, 0.05) is 13.0 Å². The highest BCUT2D eigenvalue weighted by molar-refractivity contribution is 5.80. The first-order valence-electron chi connectivity index (χ1n) is 6.95. The molecule has 5 heteroatoms. The molecule has 0 bridgehead atoms. The molecule has 0 saturated carbocycles. The zero-order chi connectivity index (χ0) is 14.9. The molecule has 0 rings (SSSR count). The van der Waals surface area contributed by atoms with Crippen molar-refractivity contribution in [2.45, 2.75) is 52.7 Å². The van der Waals surface area contributed by atoms with Crippen LogP contribution >= 0.6 is 0 Å². The number of hydrogen-bond acceptors (Lipinski definition) is 5. The minimum absolute atomic E-state index is 0.109. The van der Waals surface area contributed by atoms with Gasteiger partial charge in [-0.15, -0.1) is 0 Å². The molecular weight excluding hydrogens is 246 g/mol. The third-order valence-corrected chi connectivity index (χ3v) is 2.53. The molecule has 2 N–H and O–H groups in total. The summed E-state index contributed by atoms with van der Waals surface area (Å²) >= 11 is 0. The zero-order valence-corrected chi connectivity index (χ0v) is 12.9. The fourth-order valence-electron chi connectivity index (χ4n) is 1.66. The van der Waals surface area contributed by atoms with Gasteiger partial charge in [0.2, 0.25) is 0 Å². The summed E-state index contributed by atoms with van der Waals surface area (Å²) in [5.74, 6) is 0.134. The van der Waals surface area contributed by atoms with Crippen molar-refractivity contribution in [3.05, 3.63) is 0 Å². The van der Waals surface area contributed by atoms with E-state index in [0.29, 0.717) is 32.2 Å². The van der Waals surface area contributed by atoms with Crippen molar-refractivity contribution in [2.24, 2.45) is 11.7 Å². The Morgan fingerprint density at radius 2 is 1.89 bits per heavy atom. The third kappa shape index (κ3) is 8.97. The Morgan fingerprint density at radius 1 is 1.26 bits per heavy atom. The predicted octanol–water partition coefficient (Wildman–Crippen LogP) is 1.73. The minimum atomic E-state index is -1.01. The van der Waals surface area contributed by atoms with Crippen molar-refractivity contribution in [2.75, 3.05) is 26.4 Å². The Bertz CT molecular complexity index is 254. The van der Waals surface area contributed by atoms with Gasteiger partial charge in [0.05, 0.1) is 25.9 Å². The lowest BCUT2D eigenvalue weighted by Gasteiger charge is -2.25. The molecule has 0 fully saturated rings. The van der Waals surface area contributed by atoms with Crippen molar-refractivity contribution in [1.82, 2.24) is 0 Å². The second kappa shape index (κ2) is 9.28. The first-order chi connectivity index (χ1) is 8.79. The number of esters is 1. The van der Waals surface area contributed by atoms with Crippen LogP contribution in [-0.2, 0) is 19.0 Å². The predicted molar refractivity (Wildman–Crippen MR) is 74.9 cm³/mol. The van der Waals surface area contributed by atoms with Gasteiger partial charge in [0.1, 0.15) is 5.54 Å². The fourth-order valence-corrected chi connectivity index (χ4v) is 1.66. The molecule has 0 aromatic rings. The van der Waals surface area contributed by atoms with Crippen LogP contribution in [0.5, 0.6) is 0 Å². The number of rotatable bonds is 10. The summed E-state index contributed by atoms with van der Waals surface area (Å²) in [5.41, 5.74) is 4.93. The molecule has 19 heavy (non-hydrogen) atoms. The average Bonchev–Trinajstić information content (AvgIpc) is 2.27. The van der Waals surface area contributed by atoms with Crippen LogP contribution in [0.25, 0.3) is 0 Å². The molecule has 0 spiro atoms. The number of nitrogens with two attached hydrogens (primary N) is 1. The molecule has 0 radical (unpaired) electrons. The zero-order valence-electron chi connectivity index (χ0n) is 12.9. The molecule has 0 aliphatic heterocycles. The average molecular weight is 275 g/mol. The second-order valence-electron chi connectivity index (χ2n) is 5.49. The normalized spacial score (nSPS) is 16.2. The Balaban J connectivity index is 3.83. The van der Waals surface area contributed by atoms with E-state index in [1.165, 1.54) is 0 Å². The van der Waals surface area contributed by atoms with Crippen LogP contribution in [0.2, 0.25) is 0 Å². The van der Waals surface area contributed by atoms with E-state index in [-0.39, 0.29) is 12.1 Å². The van der Waals surface area contributed by atoms with Crippen LogP contribution in [0.4, 0.5) is 0 Å². The lowest BCUT2D eigenvalue weighted by atomic mass is 9.96. The van der Waals surface area contributed by atoms with Crippen molar-refractivity contribution in [3.8, 4) is 0 Å². The monoisotopic (exact) mass is 275 g/mol. The maximum absolute atomic E-state index is 11.6. The topological polar surface area (TPSA) is 70.8 Å². The van der Waals surface area contributed by atoms with Gasteiger partial charge in [-0.1, -0.05) is 13.8 Å². The van der Waals surface area contributed by atoms with Gasteiger partial charge in [-0.05, 0) is 26.7 Å². The molecular formula is C14H29NO4. The highest BCUT2D eigenvalue weighted by Gasteiger charge is 2.32. The molecule has 0 amide bonds. The van der Waals surface area contributed by atoms with E-state index in [0.717, 1.165) is 6.61 Å². The Kier molecular flexibility index (Phi) is 8.97. The van der Waals surface area contributed by atoms with Crippen LogP contribution in [0.3, 0.4) is 0 Å². The molecule has 0 aromatic carbocycles. The summed E-state index contributed by atoms with van der Waals surface area (Å²) in [4.78, 5) is 11.6. The number of hydrogen-bond donors (Lipinski definition) is 1. The summed E-state index contributed by atoms with van der Waals surface area (Å²) in [7, 11) is 0. The molecule has 0 saturated heterocycles. The lowest BCUT2D eigenvalue weighted by molar-refractivity contribution is -0.150. The van der Waals surface area contributed by atoms with E-state index < -0.39 is 5.54 Å². The smallest absolute Gasteiger partial charge is 0.325 e. The van der Waals surface area contributed by atoms with E-state index in [9.17, 15) is 4.79 Å². The Hall–Kier alpha value is -0.650. The highest BCUT2D eigenvalue weighted by Crippen LogP contribution is 2.13. The first kappa shape index (κ1) is 18.4. The van der Waals surface area contributed by atoms with Gasteiger partial charge in [-0.25, -0.2) is 0 Å². The number of carbonyl (C=O) groups excluding carboxylic acids is 1. The van der Waals surface area contributed by atoms with Crippen molar-refractivity contribution in [3.63, 3.8) is 0 Å². The van der Waals surface area contributed by atoms with Crippen molar-refractivity contribution >= 4 is 5.97 Å². The van der Waals surface area contributed by atoms with E-state index >= 15 is 0 Å². The maximum Gasteiger partial charge on any atom is 0.325 e. The van der Waals surface area contributed by atoms with Crippen molar-refractivity contribution in [1.29, 1.82) is 0 Å².